The van der Waals surface area contributed by atoms with E-state index in [2.05, 4.69) is 34.6 Å². The van der Waals surface area contributed by atoms with Crippen LogP contribution in [-0.4, -0.2) is 19.6 Å². The van der Waals surface area contributed by atoms with Crippen molar-refractivity contribution in [2.45, 2.75) is 12.3 Å². The summed E-state index contributed by atoms with van der Waals surface area (Å²) in [5.74, 6) is 3.11. The Hall–Kier alpha value is -1.47. The molecule has 3 N–H and O–H groups in total. The highest BCUT2D eigenvalue weighted by atomic mass is 127. The standard InChI is InChI=1S/C19H20ClN3O.HI/c1-24-17-7-6-12(9-16(17)20)23-19(21)22-10-15-14-8-11-4-2-3-5-13(11)18(14)15;/h2-7,9,14-15,18H,8,10H2,1H3,(H3,21,22,23);1H. The zero-order valence-corrected chi connectivity index (χ0v) is 17.0. The Morgan fingerprint density at radius 1 is 1.32 bits per heavy atom. The number of halogens is 2. The fourth-order valence-corrected chi connectivity index (χ4v) is 4.13. The molecule has 0 amide bonds. The quantitative estimate of drug-likeness (QED) is 0.399. The molecule has 0 bridgehead atoms. The van der Waals surface area contributed by atoms with Gasteiger partial charge in [0.1, 0.15) is 5.75 Å². The van der Waals surface area contributed by atoms with Gasteiger partial charge >= 0.3 is 0 Å². The molecule has 1 fully saturated rings. The van der Waals surface area contributed by atoms with Crippen molar-refractivity contribution in [3.63, 3.8) is 0 Å². The summed E-state index contributed by atoms with van der Waals surface area (Å²) in [7, 11) is 1.59. The molecule has 3 atom stereocenters. The summed E-state index contributed by atoms with van der Waals surface area (Å²) >= 11 is 6.12. The molecule has 25 heavy (non-hydrogen) atoms. The Morgan fingerprint density at radius 2 is 2.12 bits per heavy atom. The Morgan fingerprint density at radius 3 is 2.88 bits per heavy atom. The third kappa shape index (κ3) is 3.58. The molecule has 2 aliphatic carbocycles. The van der Waals surface area contributed by atoms with Gasteiger partial charge in [-0.15, -0.1) is 24.0 Å². The number of rotatable bonds is 4. The molecule has 0 heterocycles. The molecule has 0 spiro atoms. The van der Waals surface area contributed by atoms with Gasteiger partial charge in [0, 0.05) is 12.2 Å². The lowest BCUT2D eigenvalue weighted by molar-refractivity contribution is 0.415. The fourth-order valence-electron chi connectivity index (χ4n) is 3.87. The zero-order valence-electron chi connectivity index (χ0n) is 13.9. The van der Waals surface area contributed by atoms with E-state index >= 15 is 0 Å². The smallest absolute Gasteiger partial charge is 0.193 e. The molecule has 2 aromatic carbocycles. The number of nitrogens with two attached hydrogens (primary N) is 1. The maximum atomic E-state index is 6.12. The number of nitrogens with one attached hydrogen (secondary N) is 1. The van der Waals surface area contributed by atoms with Crippen LogP contribution in [0.3, 0.4) is 0 Å². The van der Waals surface area contributed by atoms with Gasteiger partial charge in [-0.1, -0.05) is 35.9 Å². The zero-order chi connectivity index (χ0) is 16.7. The average Bonchev–Trinajstić information content (AvgIpc) is 3.11. The van der Waals surface area contributed by atoms with E-state index in [-0.39, 0.29) is 24.0 Å². The molecule has 0 aliphatic heterocycles. The average molecular weight is 470 g/mol. The second kappa shape index (κ2) is 7.41. The third-order valence-electron chi connectivity index (χ3n) is 5.10. The molecule has 3 unspecified atom stereocenters. The maximum absolute atomic E-state index is 6.12. The number of benzene rings is 2. The van der Waals surface area contributed by atoms with E-state index < -0.39 is 0 Å². The monoisotopic (exact) mass is 469 g/mol. The summed E-state index contributed by atoms with van der Waals surface area (Å²) in [5.41, 5.74) is 9.84. The Kier molecular flexibility index (Phi) is 5.43. The van der Waals surface area contributed by atoms with Gasteiger partial charge in [-0.25, -0.2) is 0 Å². The molecule has 2 aromatic rings. The lowest BCUT2D eigenvalue weighted by atomic mass is 10.0. The first-order valence-electron chi connectivity index (χ1n) is 8.15. The summed E-state index contributed by atoms with van der Waals surface area (Å²) in [5, 5.41) is 3.63. The Bertz CT molecular complexity index is 811. The topological polar surface area (TPSA) is 59.6 Å². The third-order valence-corrected chi connectivity index (χ3v) is 5.39. The fraction of sp³-hybridized carbons (Fsp3) is 0.316. The van der Waals surface area contributed by atoms with Crippen LogP contribution in [0.15, 0.2) is 47.5 Å². The van der Waals surface area contributed by atoms with E-state index in [1.165, 1.54) is 17.5 Å². The van der Waals surface area contributed by atoms with E-state index in [9.17, 15) is 0 Å². The summed E-state index contributed by atoms with van der Waals surface area (Å²) in [6, 6.07) is 14.2. The Labute approximate surface area is 169 Å². The van der Waals surface area contributed by atoms with Crippen molar-refractivity contribution in [1.82, 2.24) is 0 Å². The van der Waals surface area contributed by atoms with E-state index in [0.29, 0.717) is 28.6 Å². The Balaban J connectivity index is 0.00000182. The van der Waals surface area contributed by atoms with E-state index in [1.54, 1.807) is 19.2 Å². The minimum Gasteiger partial charge on any atom is -0.495 e. The summed E-state index contributed by atoms with van der Waals surface area (Å²) < 4.78 is 5.14. The molecule has 1 saturated carbocycles. The molecule has 0 aromatic heterocycles. The molecule has 6 heteroatoms. The summed E-state index contributed by atoms with van der Waals surface area (Å²) in [6.07, 6.45) is 1.18. The second-order valence-corrected chi connectivity index (χ2v) is 6.86. The van der Waals surface area contributed by atoms with Crippen molar-refractivity contribution in [1.29, 1.82) is 0 Å². The van der Waals surface area contributed by atoms with Gasteiger partial charge in [-0.3, -0.25) is 4.99 Å². The van der Waals surface area contributed by atoms with Crippen molar-refractivity contribution >= 4 is 47.2 Å². The van der Waals surface area contributed by atoms with Crippen LogP contribution in [0.4, 0.5) is 5.69 Å². The van der Waals surface area contributed by atoms with Gasteiger partial charge in [0.15, 0.2) is 5.96 Å². The normalized spacial score (nSPS) is 23.3. The molecule has 4 nitrogen and oxygen atoms in total. The van der Waals surface area contributed by atoms with Crippen LogP contribution in [-0.2, 0) is 6.42 Å². The van der Waals surface area contributed by atoms with Gasteiger partial charge in [-0.2, -0.15) is 0 Å². The summed E-state index contributed by atoms with van der Waals surface area (Å²) in [4.78, 5) is 4.52. The number of guanidine groups is 1. The number of anilines is 1. The predicted octanol–water partition coefficient (Wildman–Crippen LogP) is 4.28. The molecular weight excluding hydrogens is 449 g/mol. The van der Waals surface area contributed by atoms with Crippen LogP contribution in [0.25, 0.3) is 0 Å². The van der Waals surface area contributed by atoms with Crippen LogP contribution in [0.1, 0.15) is 17.0 Å². The van der Waals surface area contributed by atoms with Gasteiger partial charge < -0.3 is 15.8 Å². The number of fused-ring (bicyclic) bond motifs is 3. The molecule has 4 rings (SSSR count). The molecule has 132 valence electrons. The van der Waals surface area contributed by atoms with Crippen molar-refractivity contribution in [3.05, 3.63) is 58.6 Å². The molecular formula is C19H21ClIN3O. The maximum Gasteiger partial charge on any atom is 0.193 e. The van der Waals surface area contributed by atoms with Gasteiger partial charge in [0.05, 0.1) is 12.1 Å². The van der Waals surface area contributed by atoms with E-state index in [1.807, 2.05) is 6.07 Å². The first-order chi connectivity index (χ1) is 11.7. The highest BCUT2D eigenvalue weighted by molar-refractivity contribution is 14.0. The van der Waals surface area contributed by atoms with Crippen LogP contribution in [0, 0.1) is 11.8 Å². The van der Waals surface area contributed by atoms with Crippen molar-refractivity contribution < 1.29 is 4.74 Å². The summed E-state index contributed by atoms with van der Waals surface area (Å²) in [6.45, 7) is 0.770. The second-order valence-electron chi connectivity index (χ2n) is 6.46. The highest BCUT2D eigenvalue weighted by Gasteiger charge is 2.54. The molecule has 0 radical (unpaired) electrons. The van der Waals surface area contributed by atoms with Gasteiger partial charge in [0.25, 0.3) is 0 Å². The molecule has 2 aliphatic rings. The first kappa shape index (κ1) is 18.3. The predicted molar refractivity (Wildman–Crippen MR) is 113 cm³/mol. The van der Waals surface area contributed by atoms with Gasteiger partial charge in [0.2, 0.25) is 0 Å². The number of aliphatic imine (C=N–C) groups is 1. The van der Waals surface area contributed by atoms with Crippen LogP contribution in [0.5, 0.6) is 5.75 Å². The lowest BCUT2D eigenvalue weighted by Crippen LogP contribution is -2.23. The van der Waals surface area contributed by atoms with Crippen LogP contribution < -0.4 is 15.8 Å². The van der Waals surface area contributed by atoms with Crippen molar-refractivity contribution in [2.24, 2.45) is 22.6 Å². The van der Waals surface area contributed by atoms with E-state index in [4.69, 9.17) is 22.1 Å². The van der Waals surface area contributed by atoms with Crippen LogP contribution in [0.2, 0.25) is 5.02 Å². The number of methoxy groups -OCH3 is 1. The number of hydrogen-bond acceptors (Lipinski definition) is 2. The SMILES string of the molecule is COc1ccc(NC(N)=NCC2C3Cc4ccccc4C23)cc1Cl.I. The van der Waals surface area contributed by atoms with E-state index in [0.717, 1.165) is 18.2 Å². The van der Waals surface area contributed by atoms with Gasteiger partial charge in [-0.05, 0) is 53.5 Å². The van der Waals surface area contributed by atoms with Crippen molar-refractivity contribution in [3.8, 4) is 5.75 Å². The number of hydrogen-bond donors (Lipinski definition) is 2. The minimum absolute atomic E-state index is 0. The van der Waals surface area contributed by atoms with Crippen molar-refractivity contribution in [2.75, 3.05) is 19.0 Å². The minimum atomic E-state index is 0. The highest BCUT2D eigenvalue weighted by Crippen LogP contribution is 2.61. The molecule has 0 saturated heterocycles. The number of nitrogens with zero attached hydrogens (tertiary/aromatic N) is 1. The number of ether oxygens (including phenoxy) is 1. The first-order valence-corrected chi connectivity index (χ1v) is 8.53. The lowest BCUT2D eigenvalue weighted by Gasteiger charge is -2.09. The largest absolute Gasteiger partial charge is 0.495 e. The van der Waals surface area contributed by atoms with Crippen LogP contribution >= 0.6 is 35.6 Å².